The summed E-state index contributed by atoms with van der Waals surface area (Å²) in [7, 11) is 1.98. The summed E-state index contributed by atoms with van der Waals surface area (Å²) in [4.78, 5) is 0. The van der Waals surface area contributed by atoms with E-state index in [-0.39, 0.29) is 11.5 Å². The molecule has 1 heterocycles. The Hall–Kier alpha value is -1.06. The van der Waals surface area contributed by atoms with Crippen molar-refractivity contribution in [2.45, 2.75) is 84.5 Å². The van der Waals surface area contributed by atoms with E-state index < -0.39 is 0 Å². The Balaban J connectivity index is 1.30. The van der Waals surface area contributed by atoms with Crippen LogP contribution >= 0.6 is 0 Å². The summed E-state index contributed by atoms with van der Waals surface area (Å²) in [6.07, 6.45) is 14.3. The van der Waals surface area contributed by atoms with E-state index >= 15 is 0 Å². The standard InChI is InChI=1S/C27H38O3/c1-5-20-23(30-16-18-7-6-12-29-18)14-22-19-13-24(28-4)27-15-17(27)8-11-26(27,3)21(19)9-10-25(20,22)2/h5-7,12,17,19,21-24H,8-11,13-16H2,1-4H3/b20-5+/t17-,19-,21+,22+,23+,24-,25-,26-,27+/m1/s1. The molecule has 1 aromatic heterocycles. The van der Waals surface area contributed by atoms with Gasteiger partial charge in [0.05, 0.1) is 18.5 Å². The Bertz CT molecular complexity index is 842. The van der Waals surface area contributed by atoms with Gasteiger partial charge in [0, 0.05) is 12.5 Å². The number of furan rings is 1. The van der Waals surface area contributed by atoms with Gasteiger partial charge in [0.15, 0.2) is 0 Å². The van der Waals surface area contributed by atoms with E-state index in [0.29, 0.717) is 29.5 Å². The van der Waals surface area contributed by atoms with Crippen LogP contribution in [0.25, 0.3) is 0 Å². The smallest absolute Gasteiger partial charge is 0.129 e. The Morgan fingerprint density at radius 2 is 2.03 bits per heavy atom. The van der Waals surface area contributed by atoms with Crippen molar-refractivity contribution in [3.05, 3.63) is 35.8 Å². The highest BCUT2D eigenvalue weighted by Crippen LogP contribution is 2.82. The fraction of sp³-hybridized carbons (Fsp3) is 0.778. The molecular weight excluding hydrogens is 372 g/mol. The Labute approximate surface area is 181 Å². The molecule has 0 aliphatic heterocycles. The van der Waals surface area contributed by atoms with Gasteiger partial charge in [0.2, 0.25) is 0 Å². The van der Waals surface area contributed by atoms with Crippen LogP contribution in [0.5, 0.6) is 0 Å². The second-order valence-electron chi connectivity index (χ2n) is 11.5. The van der Waals surface area contributed by atoms with Crippen LogP contribution in [0.15, 0.2) is 34.5 Å². The molecule has 3 nitrogen and oxygen atoms in total. The SMILES string of the molecule is C/C=C1\[C@@H](OCc2ccco2)C[C@H]2[C@@H]3C[C@@H](OC)[C@]45C[C@H]4CC[C@]5(C)[C@H]3CC[C@]12C. The summed E-state index contributed by atoms with van der Waals surface area (Å²) in [6, 6.07) is 3.97. The predicted molar refractivity (Wildman–Crippen MR) is 117 cm³/mol. The summed E-state index contributed by atoms with van der Waals surface area (Å²) >= 11 is 0. The van der Waals surface area contributed by atoms with E-state index in [1.807, 2.05) is 19.2 Å². The largest absolute Gasteiger partial charge is 0.467 e. The Morgan fingerprint density at radius 3 is 2.73 bits per heavy atom. The average Bonchev–Trinajstić information content (AvgIpc) is 3.04. The molecule has 5 aliphatic rings. The number of fused-ring (bicyclic) bond motifs is 4. The number of ether oxygens (including phenoxy) is 2. The third kappa shape index (κ3) is 2.29. The minimum Gasteiger partial charge on any atom is -0.467 e. The van der Waals surface area contributed by atoms with Gasteiger partial charge in [-0.05, 0) is 104 Å². The Kier molecular flexibility index (Phi) is 4.24. The van der Waals surface area contributed by atoms with Crippen LogP contribution in [0.3, 0.4) is 0 Å². The fourth-order valence-corrected chi connectivity index (χ4v) is 9.67. The number of rotatable bonds is 4. The maximum absolute atomic E-state index is 6.49. The molecule has 30 heavy (non-hydrogen) atoms. The fourth-order valence-electron chi connectivity index (χ4n) is 9.67. The van der Waals surface area contributed by atoms with Crippen LogP contribution in [-0.2, 0) is 16.1 Å². The lowest BCUT2D eigenvalue weighted by Gasteiger charge is -2.60. The first-order chi connectivity index (χ1) is 14.5. The second kappa shape index (κ2) is 6.48. The van der Waals surface area contributed by atoms with Crippen LogP contribution in [0.4, 0.5) is 0 Å². The first kappa shape index (κ1) is 19.6. The zero-order chi connectivity index (χ0) is 20.7. The maximum Gasteiger partial charge on any atom is 0.129 e. The van der Waals surface area contributed by atoms with Crippen molar-refractivity contribution >= 4 is 0 Å². The topological polar surface area (TPSA) is 31.6 Å². The lowest BCUT2D eigenvalue weighted by Crippen LogP contribution is -2.56. The molecule has 1 spiro atoms. The predicted octanol–water partition coefficient (Wildman–Crippen LogP) is 6.39. The van der Waals surface area contributed by atoms with Crippen molar-refractivity contribution in [3.63, 3.8) is 0 Å². The molecule has 0 N–H and O–H groups in total. The molecule has 5 fully saturated rings. The minimum absolute atomic E-state index is 0.232. The summed E-state index contributed by atoms with van der Waals surface area (Å²) in [5.74, 6) is 4.24. The van der Waals surface area contributed by atoms with Crippen molar-refractivity contribution < 1.29 is 13.9 Å². The normalized spacial score (nSPS) is 52.6. The Morgan fingerprint density at radius 1 is 1.17 bits per heavy atom. The molecule has 6 rings (SSSR count). The monoisotopic (exact) mass is 410 g/mol. The lowest BCUT2D eigenvalue weighted by atomic mass is 9.46. The molecule has 0 aromatic carbocycles. The van der Waals surface area contributed by atoms with E-state index in [9.17, 15) is 0 Å². The summed E-state index contributed by atoms with van der Waals surface area (Å²) in [6.45, 7) is 8.00. The molecule has 164 valence electrons. The summed E-state index contributed by atoms with van der Waals surface area (Å²) < 4.78 is 18.3. The molecule has 1 aromatic rings. The molecule has 5 aliphatic carbocycles. The van der Waals surface area contributed by atoms with Gasteiger partial charge in [-0.3, -0.25) is 0 Å². The van der Waals surface area contributed by atoms with Crippen molar-refractivity contribution in [2.24, 2.45) is 39.9 Å². The third-order valence-electron chi connectivity index (χ3n) is 11.0. The van der Waals surface area contributed by atoms with Gasteiger partial charge >= 0.3 is 0 Å². The van der Waals surface area contributed by atoms with E-state index in [4.69, 9.17) is 13.9 Å². The molecule has 9 atom stereocenters. The number of methoxy groups -OCH3 is 1. The highest BCUT2D eigenvalue weighted by Gasteiger charge is 2.77. The van der Waals surface area contributed by atoms with Crippen molar-refractivity contribution in [2.75, 3.05) is 7.11 Å². The molecule has 0 saturated heterocycles. The molecule has 0 radical (unpaired) electrons. The van der Waals surface area contributed by atoms with E-state index in [1.54, 1.807) is 11.8 Å². The first-order valence-electron chi connectivity index (χ1n) is 12.3. The second-order valence-corrected chi connectivity index (χ2v) is 11.5. The van der Waals surface area contributed by atoms with Gasteiger partial charge in [-0.15, -0.1) is 0 Å². The summed E-state index contributed by atoms with van der Waals surface area (Å²) in [5.41, 5.74) is 2.83. The number of hydrogen-bond donors (Lipinski definition) is 0. The zero-order valence-electron chi connectivity index (χ0n) is 19.2. The molecule has 0 amide bonds. The molecule has 0 unspecified atom stereocenters. The van der Waals surface area contributed by atoms with E-state index in [2.05, 4.69) is 26.8 Å². The van der Waals surface area contributed by atoms with Crippen LogP contribution in [-0.4, -0.2) is 19.3 Å². The minimum atomic E-state index is 0.232. The lowest BCUT2D eigenvalue weighted by molar-refractivity contribution is -0.152. The van der Waals surface area contributed by atoms with Crippen molar-refractivity contribution in [3.8, 4) is 0 Å². The van der Waals surface area contributed by atoms with E-state index in [1.165, 1.54) is 44.9 Å². The summed E-state index contributed by atoms with van der Waals surface area (Å²) in [5, 5.41) is 0. The zero-order valence-corrected chi connectivity index (χ0v) is 19.2. The van der Waals surface area contributed by atoms with Gasteiger partial charge in [0.25, 0.3) is 0 Å². The van der Waals surface area contributed by atoms with Gasteiger partial charge < -0.3 is 13.9 Å². The van der Waals surface area contributed by atoms with Crippen LogP contribution < -0.4 is 0 Å². The highest BCUT2D eigenvalue weighted by molar-refractivity contribution is 5.31. The molecule has 0 bridgehead atoms. The molecular formula is C27H38O3. The van der Waals surface area contributed by atoms with Crippen LogP contribution in [0.2, 0.25) is 0 Å². The van der Waals surface area contributed by atoms with Gasteiger partial charge in [0.1, 0.15) is 12.4 Å². The number of hydrogen-bond acceptors (Lipinski definition) is 3. The number of allylic oxidation sites excluding steroid dienone is 1. The van der Waals surface area contributed by atoms with Crippen molar-refractivity contribution in [1.82, 2.24) is 0 Å². The highest BCUT2D eigenvalue weighted by atomic mass is 16.5. The van der Waals surface area contributed by atoms with Crippen molar-refractivity contribution in [1.29, 1.82) is 0 Å². The third-order valence-corrected chi connectivity index (χ3v) is 11.0. The maximum atomic E-state index is 6.49. The van der Waals surface area contributed by atoms with Gasteiger partial charge in [-0.1, -0.05) is 19.9 Å². The van der Waals surface area contributed by atoms with Crippen LogP contribution in [0.1, 0.15) is 71.5 Å². The first-order valence-corrected chi connectivity index (χ1v) is 12.3. The van der Waals surface area contributed by atoms with Gasteiger partial charge in [-0.2, -0.15) is 0 Å². The van der Waals surface area contributed by atoms with Gasteiger partial charge in [-0.25, -0.2) is 0 Å². The molecule has 5 saturated carbocycles. The quantitative estimate of drug-likeness (QED) is 0.539. The average molecular weight is 411 g/mol. The molecule has 3 heteroatoms. The van der Waals surface area contributed by atoms with Crippen LogP contribution in [0, 0.1) is 39.9 Å². The van der Waals surface area contributed by atoms with E-state index in [0.717, 1.165) is 23.5 Å².